The van der Waals surface area contributed by atoms with E-state index >= 15 is 0 Å². The molecule has 0 unspecified atom stereocenters. The van der Waals surface area contributed by atoms with Crippen molar-refractivity contribution in [3.05, 3.63) is 28.8 Å². The van der Waals surface area contributed by atoms with Crippen LogP contribution in [0.1, 0.15) is 16.8 Å². The largest absolute Gasteiger partial charge is 0.294 e. The first-order valence-electron chi connectivity index (χ1n) is 3.63. The van der Waals surface area contributed by atoms with Gasteiger partial charge in [-0.2, -0.15) is 11.3 Å². The summed E-state index contributed by atoms with van der Waals surface area (Å²) in [4.78, 5) is 21.9. The fourth-order valence-electron chi connectivity index (χ4n) is 0.785. The summed E-state index contributed by atoms with van der Waals surface area (Å²) in [5, 5.41) is 3.56. The lowest BCUT2D eigenvalue weighted by Gasteiger charge is -1.96. The lowest BCUT2D eigenvalue weighted by molar-refractivity contribution is -0.118. The monoisotopic (exact) mass is 197 g/mol. The molecule has 69 valence electrons. The fraction of sp³-hybridized carbons (Fsp3) is 0.125. The van der Waals surface area contributed by atoms with Crippen molar-refractivity contribution >= 4 is 23.0 Å². The maximum Gasteiger partial charge on any atom is 0.238 e. The van der Waals surface area contributed by atoms with Gasteiger partial charge in [0.25, 0.3) is 0 Å². The number of nitrogens with one attached hydrogen (secondary N) is 1. The molecule has 0 fully saturated rings. The maximum atomic E-state index is 11.3. The molecule has 1 heterocycles. The summed E-state index contributed by atoms with van der Waals surface area (Å²) in [6.07, 6.45) is 1.31. The third-order valence-electron chi connectivity index (χ3n) is 1.46. The van der Waals surface area contributed by atoms with Crippen LogP contribution < -0.4 is 11.3 Å². The minimum Gasteiger partial charge on any atom is -0.294 e. The summed E-state index contributed by atoms with van der Waals surface area (Å²) in [7, 11) is 0. The molecule has 5 heteroatoms. The number of ketones is 1. The molecule has 1 rings (SSSR count). The van der Waals surface area contributed by atoms with Gasteiger partial charge in [0.1, 0.15) is 0 Å². The Labute approximate surface area is 79.7 Å². The average Bonchev–Trinajstić information content (AvgIpc) is 2.66. The number of rotatable bonds is 4. The second-order valence-corrected chi connectivity index (χ2v) is 3.13. The van der Waals surface area contributed by atoms with Crippen molar-refractivity contribution in [3.8, 4) is 0 Å². The van der Waals surface area contributed by atoms with Crippen LogP contribution in [0.15, 0.2) is 16.8 Å². The zero-order valence-electron chi connectivity index (χ0n) is 6.82. The maximum absolute atomic E-state index is 11.3. The molecule has 1 radical (unpaired) electrons. The minimum absolute atomic E-state index is 0.0788. The molecule has 13 heavy (non-hydrogen) atoms. The van der Waals surface area contributed by atoms with Crippen molar-refractivity contribution in [2.75, 3.05) is 0 Å². The highest BCUT2D eigenvalue weighted by Gasteiger charge is 2.08. The number of hydrogen-bond acceptors (Lipinski definition) is 4. The van der Waals surface area contributed by atoms with E-state index in [4.69, 9.17) is 5.84 Å². The van der Waals surface area contributed by atoms with E-state index in [9.17, 15) is 9.59 Å². The highest BCUT2D eigenvalue weighted by atomic mass is 32.1. The fourth-order valence-corrected chi connectivity index (χ4v) is 1.45. The van der Waals surface area contributed by atoms with Gasteiger partial charge in [-0.25, -0.2) is 5.84 Å². The number of thiophene rings is 1. The first kappa shape index (κ1) is 9.88. The van der Waals surface area contributed by atoms with E-state index in [0.29, 0.717) is 5.56 Å². The molecule has 0 saturated carbocycles. The number of hydrogen-bond donors (Lipinski definition) is 2. The normalized spacial score (nSPS) is 9.62. The molecule has 0 spiro atoms. The molecule has 4 nitrogen and oxygen atoms in total. The van der Waals surface area contributed by atoms with Gasteiger partial charge in [-0.3, -0.25) is 15.0 Å². The van der Waals surface area contributed by atoms with Gasteiger partial charge in [0.15, 0.2) is 5.78 Å². The van der Waals surface area contributed by atoms with E-state index in [0.717, 1.165) is 0 Å². The zero-order chi connectivity index (χ0) is 9.68. The highest BCUT2D eigenvalue weighted by molar-refractivity contribution is 7.08. The number of hydrazine groups is 1. The van der Waals surface area contributed by atoms with E-state index in [1.54, 1.807) is 11.4 Å². The van der Waals surface area contributed by atoms with Crippen molar-refractivity contribution in [3.63, 3.8) is 0 Å². The summed E-state index contributed by atoms with van der Waals surface area (Å²) in [6, 6.07) is 1.72. The Balaban J connectivity index is 2.39. The van der Waals surface area contributed by atoms with Crippen molar-refractivity contribution < 1.29 is 9.59 Å². The van der Waals surface area contributed by atoms with Crippen LogP contribution >= 0.6 is 11.3 Å². The first-order chi connectivity index (χ1) is 6.24. The molecule has 1 amide bonds. The summed E-state index contributed by atoms with van der Waals surface area (Å²) in [5.74, 6) is 4.32. The molecule has 0 aliphatic heterocycles. The molecule has 0 aliphatic carbocycles. The van der Waals surface area contributed by atoms with E-state index in [1.807, 2.05) is 10.8 Å². The van der Waals surface area contributed by atoms with E-state index in [-0.39, 0.29) is 12.2 Å². The van der Waals surface area contributed by atoms with Crippen LogP contribution in [0.25, 0.3) is 0 Å². The Kier molecular flexibility index (Phi) is 3.60. The number of amides is 1. The van der Waals surface area contributed by atoms with E-state index in [2.05, 4.69) is 0 Å². The molecule has 3 N–H and O–H groups in total. The van der Waals surface area contributed by atoms with Crippen molar-refractivity contribution in [2.24, 2.45) is 5.84 Å². The van der Waals surface area contributed by atoms with Crippen LogP contribution in [0.3, 0.4) is 0 Å². The molecule has 1 aromatic heterocycles. The number of Topliss-reactive ketones (excluding diaryl/α,β-unsaturated/α-hetero) is 1. The van der Waals surface area contributed by atoms with Crippen LogP contribution in [-0.2, 0) is 4.79 Å². The molecule has 0 bridgehead atoms. The first-order valence-corrected chi connectivity index (χ1v) is 4.57. The van der Waals surface area contributed by atoms with Gasteiger partial charge in [0.2, 0.25) is 5.91 Å². The number of carbonyl (C=O) groups is 2. The van der Waals surface area contributed by atoms with Crippen molar-refractivity contribution in [1.82, 2.24) is 5.43 Å². The van der Waals surface area contributed by atoms with Crippen LogP contribution in [-0.4, -0.2) is 11.7 Å². The SMILES string of the molecule is NNC(=O)[CH]CC(=O)c1ccsc1. The second kappa shape index (κ2) is 4.74. The van der Waals surface area contributed by atoms with Gasteiger partial charge in [0.05, 0.1) is 6.42 Å². The Bertz CT molecular complexity index is 295. The predicted octanol–water partition coefficient (Wildman–Crippen LogP) is 0.515. The Morgan fingerprint density at radius 1 is 1.62 bits per heavy atom. The molecular formula is C8H9N2O2S. The summed E-state index contributed by atoms with van der Waals surface area (Å²) in [6.45, 7) is 0. The lowest BCUT2D eigenvalue weighted by atomic mass is 10.1. The molecular weight excluding hydrogens is 188 g/mol. The summed E-state index contributed by atoms with van der Waals surface area (Å²) >= 11 is 1.45. The second-order valence-electron chi connectivity index (χ2n) is 2.35. The van der Waals surface area contributed by atoms with Crippen molar-refractivity contribution in [1.29, 1.82) is 0 Å². The third-order valence-corrected chi connectivity index (χ3v) is 2.14. The smallest absolute Gasteiger partial charge is 0.238 e. The molecule has 0 aliphatic rings. The van der Waals surface area contributed by atoms with Gasteiger partial charge in [-0.15, -0.1) is 0 Å². The zero-order valence-corrected chi connectivity index (χ0v) is 7.64. The van der Waals surface area contributed by atoms with Crippen LogP contribution in [0.2, 0.25) is 0 Å². The standard InChI is InChI=1S/C8H9N2O2S/c9-10-8(12)2-1-7(11)6-3-4-13-5-6/h2-5H,1,9H2,(H,10,12). The van der Waals surface area contributed by atoms with Gasteiger partial charge in [0, 0.05) is 17.4 Å². The summed E-state index contributed by atoms with van der Waals surface area (Å²) < 4.78 is 0. The van der Waals surface area contributed by atoms with Gasteiger partial charge < -0.3 is 0 Å². The molecule has 0 saturated heterocycles. The van der Waals surface area contributed by atoms with Crippen LogP contribution in [0.5, 0.6) is 0 Å². The predicted molar refractivity (Wildman–Crippen MR) is 49.9 cm³/mol. The van der Waals surface area contributed by atoms with E-state index in [1.165, 1.54) is 17.8 Å². The molecule has 0 aromatic carbocycles. The topological polar surface area (TPSA) is 72.2 Å². The minimum atomic E-state index is -0.441. The summed E-state index contributed by atoms with van der Waals surface area (Å²) in [5.41, 5.74) is 2.55. The van der Waals surface area contributed by atoms with Crippen molar-refractivity contribution in [2.45, 2.75) is 6.42 Å². The number of carbonyl (C=O) groups excluding carboxylic acids is 2. The van der Waals surface area contributed by atoms with Gasteiger partial charge >= 0.3 is 0 Å². The third kappa shape index (κ3) is 2.96. The lowest BCUT2D eigenvalue weighted by Crippen LogP contribution is -2.30. The Morgan fingerprint density at radius 2 is 2.38 bits per heavy atom. The van der Waals surface area contributed by atoms with Gasteiger partial charge in [-0.1, -0.05) is 0 Å². The quantitative estimate of drug-likeness (QED) is 0.320. The van der Waals surface area contributed by atoms with Crippen LogP contribution in [0.4, 0.5) is 0 Å². The molecule has 1 aromatic rings. The van der Waals surface area contributed by atoms with Crippen LogP contribution in [0, 0.1) is 6.42 Å². The highest BCUT2D eigenvalue weighted by Crippen LogP contribution is 2.09. The average molecular weight is 197 g/mol. The number of nitrogens with two attached hydrogens (primary N) is 1. The molecule has 0 atom stereocenters. The Hall–Kier alpha value is -1.20. The van der Waals surface area contributed by atoms with Gasteiger partial charge in [-0.05, 0) is 11.4 Å². The van der Waals surface area contributed by atoms with E-state index < -0.39 is 5.91 Å². The Morgan fingerprint density at radius 3 is 2.92 bits per heavy atom.